The van der Waals surface area contributed by atoms with Crippen LogP contribution in [0.15, 0.2) is 0 Å². The van der Waals surface area contributed by atoms with Crippen molar-refractivity contribution in [3.63, 3.8) is 0 Å². The van der Waals surface area contributed by atoms with Crippen molar-refractivity contribution in [2.24, 2.45) is 5.92 Å². The SMILES string of the molecule is CCOC(=O)C(NCCOC)C1CC1. The van der Waals surface area contributed by atoms with Gasteiger partial charge in [0.05, 0.1) is 13.2 Å². The average Bonchev–Trinajstić information content (AvgIpc) is 2.96. The highest BCUT2D eigenvalue weighted by atomic mass is 16.5. The number of hydrogen-bond acceptors (Lipinski definition) is 4. The molecule has 82 valence electrons. The van der Waals surface area contributed by atoms with E-state index >= 15 is 0 Å². The quantitative estimate of drug-likeness (QED) is 0.483. The number of methoxy groups -OCH3 is 1. The standard InChI is InChI=1S/C10H19NO3/c1-3-14-10(12)9(8-4-5-8)11-6-7-13-2/h8-9,11H,3-7H2,1-2H3. The summed E-state index contributed by atoms with van der Waals surface area (Å²) < 4.78 is 9.91. The van der Waals surface area contributed by atoms with Crippen molar-refractivity contribution in [2.75, 3.05) is 26.9 Å². The number of carbonyl (C=O) groups is 1. The molecule has 4 nitrogen and oxygen atoms in total. The van der Waals surface area contributed by atoms with Crippen molar-refractivity contribution in [2.45, 2.75) is 25.8 Å². The van der Waals surface area contributed by atoms with E-state index in [1.165, 1.54) is 0 Å². The molecule has 0 amide bonds. The van der Waals surface area contributed by atoms with Gasteiger partial charge in [-0.25, -0.2) is 0 Å². The summed E-state index contributed by atoms with van der Waals surface area (Å²) in [6.07, 6.45) is 2.26. The molecule has 1 aliphatic carbocycles. The zero-order chi connectivity index (χ0) is 10.4. The summed E-state index contributed by atoms with van der Waals surface area (Å²) in [7, 11) is 1.65. The maximum Gasteiger partial charge on any atom is 0.323 e. The Morgan fingerprint density at radius 2 is 2.29 bits per heavy atom. The molecule has 1 fully saturated rings. The molecule has 0 heterocycles. The number of nitrogens with one attached hydrogen (secondary N) is 1. The third-order valence-corrected chi connectivity index (χ3v) is 2.30. The van der Waals surface area contributed by atoms with E-state index in [1.807, 2.05) is 6.92 Å². The van der Waals surface area contributed by atoms with Crippen LogP contribution in [0.4, 0.5) is 0 Å². The Morgan fingerprint density at radius 3 is 2.79 bits per heavy atom. The van der Waals surface area contributed by atoms with Gasteiger partial charge in [-0.3, -0.25) is 4.79 Å². The van der Waals surface area contributed by atoms with Gasteiger partial charge in [0.2, 0.25) is 0 Å². The van der Waals surface area contributed by atoms with E-state index in [4.69, 9.17) is 9.47 Å². The summed E-state index contributed by atoms with van der Waals surface area (Å²) in [4.78, 5) is 11.5. The van der Waals surface area contributed by atoms with Crippen LogP contribution >= 0.6 is 0 Å². The summed E-state index contributed by atoms with van der Waals surface area (Å²) in [5, 5.41) is 3.17. The van der Waals surface area contributed by atoms with Crippen molar-refractivity contribution in [3.8, 4) is 0 Å². The Kier molecular flexibility index (Phi) is 4.90. The summed E-state index contributed by atoms with van der Waals surface area (Å²) in [6, 6.07) is -0.120. The Labute approximate surface area is 85.0 Å². The van der Waals surface area contributed by atoms with Gasteiger partial charge in [-0.1, -0.05) is 0 Å². The number of hydrogen-bond donors (Lipinski definition) is 1. The van der Waals surface area contributed by atoms with E-state index in [1.54, 1.807) is 7.11 Å². The van der Waals surface area contributed by atoms with Crippen molar-refractivity contribution in [3.05, 3.63) is 0 Å². The van der Waals surface area contributed by atoms with Crippen molar-refractivity contribution < 1.29 is 14.3 Å². The van der Waals surface area contributed by atoms with E-state index in [0.717, 1.165) is 12.8 Å². The second-order valence-corrected chi connectivity index (χ2v) is 3.51. The molecule has 0 bridgehead atoms. The lowest BCUT2D eigenvalue weighted by atomic mass is 10.2. The molecule has 1 atom stereocenters. The molecule has 0 aromatic heterocycles. The van der Waals surface area contributed by atoms with Crippen molar-refractivity contribution in [1.29, 1.82) is 0 Å². The topological polar surface area (TPSA) is 47.6 Å². The molecule has 1 saturated carbocycles. The number of ether oxygens (including phenoxy) is 2. The molecule has 1 unspecified atom stereocenters. The Bertz CT molecular complexity index is 180. The summed E-state index contributed by atoms with van der Waals surface area (Å²) >= 11 is 0. The van der Waals surface area contributed by atoms with Gasteiger partial charge in [0.15, 0.2) is 0 Å². The summed E-state index contributed by atoms with van der Waals surface area (Å²) in [6.45, 7) is 3.62. The largest absolute Gasteiger partial charge is 0.465 e. The lowest BCUT2D eigenvalue weighted by Crippen LogP contribution is -2.41. The predicted molar refractivity (Wildman–Crippen MR) is 53.0 cm³/mol. The van der Waals surface area contributed by atoms with Gasteiger partial charge in [-0.15, -0.1) is 0 Å². The maximum atomic E-state index is 11.5. The molecule has 1 aliphatic rings. The molecule has 0 aromatic carbocycles. The fourth-order valence-corrected chi connectivity index (χ4v) is 1.42. The first kappa shape index (κ1) is 11.5. The van der Waals surface area contributed by atoms with Crippen molar-refractivity contribution >= 4 is 5.97 Å². The van der Waals surface area contributed by atoms with Crippen LogP contribution in [0.2, 0.25) is 0 Å². The van der Waals surface area contributed by atoms with Crippen LogP contribution < -0.4 is 5.32 Å². The van der Waals surface area contributed by atoms with E-state index in [-0.39, 0.29) is 12.0 Å². The predicted octanol–water partition coefficient (Wildman–Crippen LogP) is 0.564. The normalized spacial score (nSPS) is 17.9. The lowest BCUT2D eigenvalue weighted by molar-refractivity contribution is -0.146. The third kappa shape index (κ3) is 3.64. The first-order valence-corrected chi connectivity index (χ1v) is 5.18. The van der Waals surface area contributed by atoms with E-state index in [9.17, 15) is 4.79 Å². The van der Waals surface area contributed by atoms with Crippen LogP contribution in [0, 0.1) is 5.92 Å². The van der Waals surface area contributed by atoms with Gasteiger partial charge in [0.1, 0.15) is 6.04 Å². The van der Waals surface area contributed by atoms with Gasteiger partial charge < -0.3 is 14.8 Å². The van der Waals surface area contributed by atoms with Crippen LogP contribution in [-0.4, -0.2) is 38.9 Å². The van der Waals surface area contributed by atoms with Crippen LogP contribution in [0.5, 0.6) is 0 Å². The number of rotatable bonds is 7. The summed E-state index contributed by atoms with van der Waals surface area (Å²) in [5.41, 5.74) is 0. The molecule has 1 N–H and O–H groups in total. The molecular formula is C10H19NO3. The molecule has 1 rings (SSSR count). The monoisotopic (exact) mass is 201 g/mol. The van der Waals surface area contributed by atoms with Gasteiger partial charge in [-0.05, 0) is 25.7 Å². The fraction of sp³-hybridized carbons (Fsp3) is 0.900. The average molecular weight is 201 g/mol. The molecule has 0 radical (unpaired) electrons. The van der Waals surface area contributed by atoms with Crippen LogP contribution in [-0.2, 0) is 14.3 Å². The second kappa shape index (κ2) is 5.98. The summed E-state index contributed by atoms with van der Waals surface area (Å²) in [5.74, 6) is 0.358. The molecule has 0 aliphatic heterocycles. The molecule has 0 saturated heterocycles. The zero-order valence-corrected chi connectivity index (χ0v) is 8.91. The lowest BCUT2D eigenvalue weighted by Gasteiger charge is -2.16. The minimum Gasteiger partial charge on any atom is -0.465 e. The molecule has 0 spiro atoms. The van der Waals surface area contributed by atoms with E-state index in [0.29, 0.717) is 25.7 Å². The highest BCUT2D eigenvalue weighted by Gasteiger charge is 2.36. The molecule has 4 heteroatoms. The Hall–Kier alpha value is -0.610. The molecular weight excluding hydrogens is 182 g/mol. The minimum absolute atomic E-state index is 0.119. The molecule has 0 aromatic rings. The Balaban J connectivity index is 2.27. The van der Waals surface area contributed by atoms with Gasteiger partial charge in [-0.2, -0.15) is 0 Å². The fourth-order valence-electron chi connectivity index (χ4n) is 1.42. The highest BCUT2D eigenvalue weighted by Crippen LogP contribution is 2.33. The van der Waals surface area contributed by atoms with Crippen LogP contribution in [0.25, 0.3) is 0 Å². The second-order valence-electron chi connectivity index (χ2n) is 3.51. The van der Waals surface area contributed by atoms with Crippen molar-refractivity contribution in [1.82, 2.24) is 5.32 Å². The number of carbonyl (C=O) groups excluding carboxylic acids is 1. The first-order chi connectivity index (χ1) is 6.79. The first-order valence-electron chi connectivity index (χ1n) is 5.18. The molecule has 14 heavy (non-hydrogen) atoms. The van der Waals surface area contributed by atoms with Gasteiger partial charge >= 0.3 is 5.97 Å². The minimum atomic E-state index is -0.120. The van der Waals surface area contributed by atoms with Gasteiger partial charge in [0, 0.05) is 13.7 Å². The zero-order valence-electron chi connectivity index (χ0n) is 8.91. The Morgan fingerprint density at radius 1 is 1.57 bits per heavy atom. The highest BCUT2D eigenvalue weighted by molar-refractivity contribution is 5.76. The third-order valence-electron chi connectivity index (χ3n) is 2.30. The maximum absolute atomic E-state index is 11.5. The van der Waals surface area contributed by atoms with E-state index < -0.39 is 0 Å². The van der Waals surface area contributed by atoms with Gasteiger partial charge in [0.25, 0.3) is 0 Å². The smallest absolute Gasteiger partial charge is 0.323 e. The van der Waals surface area contributed by atoms with Crippen LogP contribution in [0.1, 0.15) is 19.8 Å². The van der Waals surface area contributed by atoms with E-state index in [2.05, 4.69) is 5.32 Å². The number of esters is 1. The van der Waals surface area contributed by atoms with Crippen LogP contribution in [0.3, 0.4) is 0 Å².